The van der Waals surface area contributed by atoms with Crippen molar-refractivity contribution in [1.29, 1.82) is 0 Å². The second kappa shape index (κ2) is 11.8. The third-order valence-electron chi connectivity index (χ3n) is 5.99. The van der Waals surface area contributed by atoms with Crippen LogP contribution in [0.4, 0.5) is 5.69 Å². The molecule has 2 aromatic carbocycles. The summed E-state index contributed by atoms with van der Waals surface area (Å²) in [5.41, 5.74) is 0.476. The molecule has 3 atom stereocenters. The molecule has 13 heteroatoms. The van der Waals surface area contributed by atoms with Crippen LogP contribution in [0.15, 0.2) is 77.1 Å². The van der Waals surface area contributed by atoms with Crippen molar-refractivity contribution in [2.75, 3.05) is 6.54 Å². The van der Waals surface area contributed by atoms with E-state index in [2.05, 4.69) is 10.3 Å². The summed E-state index contributed by atoms with van der Waals surface area (Å²) >= 11 is 2.41. The highest BCUT2D eigenvalue weighted by Crippen LogP contribution is 2.35. The van der Waals surface area contributed by atoms with Gasteiger partial charge in [-0.3, -0.25) is 24.6 Å². The van der Waals surface area contributed by atoms with E-state index in [0.717, 1.165) is 16.6 Å². The molecule has 1 amide bonds. The molecular weight excluding hydrogens is 544 g/mol. The van der Waals surface area contributed by atoms with Crippen molar-refractivity contribution in [1.82, 2.24) is 10.2 Å². The van der Waals surface area contributed by atoms with Crippen LogP contribution in [0.5, 0.6) is 5.75 Å². The van der Waals surface area contributed by atoms with Crippen molar-refractivity contribution >= 4 is 51.7 Å². The summed E-state index contributed by atoms with van der Waals surface area (Å²) in [6.07, 6.45) is -0.963. The van der Waals surface area contributed by atoms with Gasteiger partial charge in [-0.05, 0) is 41.3 Å². The van der Waals surface area contributed by atoms with Gasteiger partial charge in [0.1, 0.15) is 12.4 Å². The van der Waals surface area contributed by atoms with Gasteiger partial charge in [-0.15, -0.1) is 11.3 Å². The normalized spacial score (nSPS) is 20.6. The average molecular weight is 567 g/mol. The van der Waals surface area contributed by atoms with Gasteiger partial charge in [-0.25, -0.2) is 9.79 Å². The Kier molecular flexibility index (Phi) is 8.00. The first-order chi connectivity index (χ1) is 18.9. The van der Waals surface area contributed by atoms with Gasteiger partial charge in [-0.2, -0.15) is 0 Å². The molecule has 1 saturated heterocycles. The number of rotatable bonds is 8. The number of aliphatic imine (C=N–C) groups is 1. The lowest BCUT2D eigenvalue weighted by Gasteiger charge is -2.47. The van der Waals surface area contributed by atoms with Crippen molar-refractivity contribution < 1.29 is 28.8 Å². The Hall–Kier alpha value is -4.07. The number of fused-ring (bicyclic) bond motifs is 1. The molecule has 1 aromatic heterocycles. The molecule has 2 aliphatic rings. The van der Waals surface area contributed by atoms with Crippen molar-refractivity contribution in [3.8, 4) is 5.75 Å². The van der Waals surface area contributed by atoms with E-state index in [1.54, 1.807) is 35.2 Å². The molecule has 0 saturated carbocycles. The fraction of sp³-hybridized carbons (Fsp3) is 0.231. The first kappa shape index (κ1) is 26.5. The summed E-state index contributed by atoms with van der Waals surface area (Å²) in [6.45, 7) is 0.138. The third kappa shape index (κ3) is 6.33. The number of benzene rings is 2. The molecule has 2 aliphatic heterocycles. The van der Waals surface area contributed by atoms with E-state index in [9.17, 15) is 24.5 Å². The van der Waals surface area contributed by atoms with Gasteiger partial charge in [0.15, 0.2) is 0 Å². The highest BCUT2D eigenvalue weighted by Gasteiger charge is 2.50. The third-order valence-corrected chi connectivity index (χ3v) is 8.10. The van der Waals surface area contributed by atoms with Gasteiger partial charge in [0, 0.05) is 23.6 Å². The van der Waals surface area contributed by atoms with E-state index in [1.807, 2.05) is 17.5 Å². The molecule has 200 valence electrons. The van der Waals surface area contributed by atoms with Gasteiger partial charge in [0.05, 0.1) is 22.8 Å². The number of para-hydroxylation sites is 1. The summed E-state index contributed by atoms with van der Waals surface area (Å²) in [4.78, 5) is 56.2. The Bertz CT molecular complexity index is 1400. The fourth-order valence-corrected chi connectivity index (χ4v) is 5.82. The molecule has 0 radical (unpaired) electrons. The van der Waals surface area contributed by atoms with E-state index < -0.39 is 27.5 Å². The van der Waals surface area contributed by atoms with Crippen molar-refractivity contribution in [3.63, 3.8) is 0 Å². The fourth-order valence-electron chi connectivity index (χ4n) is 4.05. The number of nitro groups is 1. The number of thiophene rings is 1. The molecule has 0 unspecified atom stereocenters. The van der Waals surface area contributed by atoms with Crippen LogP contribution >= 0.6 is 23.1 Å². The monoisotopic (exact) mass is 566 g/mol. The molecule has 0 bridgehead atoms. The molecule has 3 aromatic rings. The van der Waals surface area contributed by atoms with Gasteiger partial charge in [0.2, 0.25) is 12.1 Å². The van der Waals surface area contributed by atoms with Crippen LogP contribution in [0.25, 0.3) is 0 Å². The van der Waals surface area contributed by atoms with Crippen LogP contribution in [0.2, 0.25) is 0 Å². The van der Waals surface area contributed by atoms with Crippen LogP contribution < -0.4 is 10.1 Å². The number of esters is 1. The number of hydrogen-bond acceptors (Lipinski definition) is 11. The van der Waals surface area contributed by atoms with Crippen LogP contribution in [-0.2, 0) is 32.1 Å². The zero-order chi connectivity index (χ0) is 27.4. The zero-order valence-corrected chi connectivity index (χ0v) is 21.9. The highest BCUT2D eigenvalue weighted by atomic mass is 32.2. The van der Waals surface area contributed by atoms with E-state index >= 15 is 0 Å². The minimum absolute atomic E-state index is 0.0766. The van der Waals surface area contributed by atoms with Crippen molar-refractivity contribution in [2.45, 2.75) is 30.6 Å². The Morgan fingerprint density at radius 1 is 1.10 bits per heavy atom. The van der Waals surface area contributed by atoms with Gasteiger partial charge in [-0.1, -0.05) is 36.0 Å². The number of hydrogen-bond donors (Lipinski definition) is 1. The molecule has 39 heavy (non-hydrogen) atoms. The maximum atomic E-state index is 13.2. The molecule has 1 N–H and O–H groups in total. The Morgan fingerprint density at radius 2 is 1.87 bits per heavy atom. The number of thioether (sulfide) groups is 1. The number of non-ortho nitro benzene ring substituents is 1. The minimum atomic E-state index is -1.18. The lowest BCUT2D eigenvalue weighted by Crippen LogP contribution is -2.68. The van der Waals surface area contributed by atoms with Gasteiger partial charge in [0.25, 0.3) is 16.7 Å². The summed E-state index contributed by atoms with van der Waals surface area (Å²) in [6, 6.07) is 17.6. The lowest BCUT2D eigenvalue weighted by molar-refractivity contribution is -0.384. The standard InChI is InChI=1S/C26H22N4O7S2/c31-21(13-19-7-4-12-38-19)27-20-14-29-22(25(32)36-15-16-8-10-17(11-9-16)30(34)35)28-23(26(33)39-24(20)29)37-18-5-2-1-3-6-18/h1-12,20,22,24H,13-15H2,(H,27,31)/t20-,22+,24-/m0/s1. The predicted octanol–water partition coefficient (Wildman–Crippen LogP) is 3.15. The second-order valence-electron chi connectivity index (χ2n) is 8.68. The van der Waals surface area contributed by atoms with Crippen LogP contribution in [0.1, 0.15) is 10.4 Å². The first-order valence-electron chi connectivity index (χ1n) is 11.9. The smallest absolute Gasteiger partial charge is 0.346 e. The molecule has 5 rings (SSSR count). The maximum Gasteiger partial charge on any atom is 0.346 e. The summed E-state index contributed by atoms with van der Waals surface area (Å²) in [5.74, 6) is -0.764. The minimum Gasteiger partial charge on any atom is -0.458 e. The molecule has 0 aliphatic carbocycles. The quantitative estimate of drug-likeness (QED) is 0.247. The van der Waals surface area contributed by atoms with E-state index in [1.165, 1.54) is 35.6 Å². The summed E-state index contributed by atoms with van der Waals surface area (Å²) in [7, 11) is 0. The first-order valence-corrected chi connectivity index (χ1v) is 13.6. The highest BCUT2D eigenvalue weighted by molar-refractivity contribution is 8.16. The SMILES string of the molecule is O=C(Cc1cccs1)N[C@H]1CN2[C@H](C(=O)OCc3ccc([N+](=O)[O-])cc3)N=C(Oc3ccccc3)C(=O)S[C@@H]12. The number of carbonyl (C=O) groups excluding carboxylic acids is 3. The van der Waals surface area contributed by atoms with Crippen molar-refractivity contribution in [2.24, 2.45) is 4.99 Å². The molecule has 3 heterocycles. The maximum absolute atomic E-state index is 13.2. The van der Waals surface area contributed by atoms with Crippen LogP contribution in [-0.4, -0.2) is 56.8 Å². The van der Waals surface area contributed by atoms with E-state index in [4.69, 9.17) is 9.47 Å². The Labute approximate surface area is 231 Å². The summed E-state index contributed by atoms with van der Waals surface area (Å²) < 4.78 is 11.2. The number of ether oxygens (including phenoxy) is 2. The predicted molar refractivity (Wildman–Crippen MR) is 144 cm³/mol. The number of nitro benzene ring substituents is 1. The number of amides is 1. The average Bonchev–Trinajstić information content (AvgIpc) is 3.41. The molecule has 1 fully saturated rings. The summed E-state index contributed by atoms with van der Waals surface area (Å²) in [5, 5.41) is 14.7. The van der Waals surface area contributed by atoms with Crippen molar-refractivity contribution in [3.05, 3.63) is 92.7 Å². The second-order valence-corrected chi connectivity index (χ2v) is 10.8. The van der Waals surface area contributed by atoms with Crippen LogP contribution in [0.3, 0.4) is 0 Å². The largest absolute Gasteiger partial charge is 0.458 e. The Morgan fingerprint density at radius 3 is 2.56 bits per heavy atom. The molecule has 0 spiro atoms. The van der Waals surface area contributed by atoms with Gasteiger partial charge >= 0.3 is 5.97 Å². The van der Waals surface area contributed by atoms with Gasteiger partial charge < -0.3 is 14.8 Å². The zero-order valence-electron chi connectivity index (χ0n) is 20.3. The lowest BCUT2D eigenvalue weighted by atomic mass is 10.1. The van der Waals surface area contributed by atoms with Crippen LogP contribution in [0, 0.1) is 10.1 Å². The Balaban J connectivity index is 1.31. The number of nitrogens with one attached hydrogen (secondary N) is 1. The number of carbonyl (C=O) groups is 3. The molecule has 11 nitrogen and oxygen atoms in total. The molecular formula is C26H22N4O7S2. The number of nitrogens with zero attached hydrogens (tertiary/aromatic N) is 3. The topological polar surface area (TPSA) is 140 Å². The van der Waals surface area contributed by atoms with E-state index in [-0.39, 0.29) is 43.1 Å². The van der Waals surface area contributed by atoms with E-state index in [0.29, 0.717) is 11.3 Å².